The number of esters is 1. The molecule has 2 heterocycles. The van der Waals surface area contributed by atoms with Crippen molar-refractivity contribution in [3.8, 4) is 11.3 Å². The number of aryl methyl sites for hydroxylation is 2. The Morgan fingerprint density at radius 2 is 2.11 bits per heavy atom. The number of methoxy groups -OCH3 is 1. The van der Waals surface area contributed by atoms with E-state index in [1.165, 1.54) is 12.7 Å². The number of aromatic nitrogens is 3. The van der Waals surface area contributed by atoms with Crippen molar-refractivity contribution in [1.82, 2.24) is 14.3 Å². The standard InChI is InChI=1S/C14H19N3O2/c1-6-10-8-15-17(4)13(10)11-7-12(14(18)19-5)16(3)9(11)2/h7-8H,6H2,1-5H3. The van der Waals surface area contributed by atoms with Gasteiger partial charge in [-0.2, -0.15) is 5.10 Å². The first-order chi connectivity index (χ1) is 9.01. The van der Waals surface area contributed by atoms with Crippen LogP contribution < -0.4 is 0 Å². The van der Waals surface area contributed by atoms with Crippen LogP contribution in [0.4, 0.5) is 0 Å². The lowest BCUT2D eigenvalue weighted by molar-refractivity contribution is 0.0589. The summed E-state index contributed by atoms with van der Waals surface area (Å²) < 4.78 is 8.51. The normalized spacial score (nSPS) is 10.8. The Morgan fingerprint density at radius 3 is 2.68 bits per heavy atom. The van der Waals surface area contributed by atoms with Crippen LogP contribution in [-0.2, 0) is 25.3 Å². The van der Waals surface area contributed by atoms with E-state index in [4.69, 9.17) is 4.74 Å². The summed E-state index contributed by atoms with van der Waals surface area (Å²) in [7, 11) is 5.18. The molecular formula is C14H19N3O2. The molecule has 0 aliphatic rings. The molecule has 0 aromatic carbocycles. The molecule has 2 aromatic heterocycles. The average Bonchev–Trinajstić information content (AvgIpc) is 2.91. The van der Waals surface area contributed by atoms with Gasteiger partial charge in [0, 0.05) is 25.4 Å². The molecule has 19 heavy (non-hydrogen) atoms. The summed E-state index contributed by atoms with van der Waals surface area (Å²) in [6.07, 6.45) is 2.78. The highest BCUT2D eigenvalue weighted by Gasteiger charge is 2.20. The predicted octanol–water partition coefficient (Wildman–Crippen LogP) is 2.08. The number of hydrogen-bond acceptors (Lipinski definition) is 3. The zero-order valence-corrected chi connectivity index (χ0v) is 12.0. The lowest BCUT2D eigenvalue weighted by Gasteiger charge is -2.06. The molecule has 0 unspecified atom stereocenters. The van der Waals surface area contributed by atoms with E-state index in [0.29, 0.717) is 5.69 Å². The van der Waals surface area contributed by atoms with E-state index in [0.717, 1.165) is 23.4 Å². The molecule has 2 rings (SSSR count). The van der Waals surface area contributed by atoms with Crippen LogP contribution in [0, 0.1) is 6.92 Å². The largest absolute Gasteiger partial charge is 0.464 e. The van der Waals surface area contributed by atoms with Crippen molar-refractivity contribution in [1.29, 1.82) is 0 Å². The van der Waals surface area contributed by atoms with Crippen molar-refractivity contribution < 1.29 is 9.53 Å². The van der Waals surface area contributed by atoms with E-state index in [9.17, 15) is 4.79 Å². The molecule has 102 valence electrons. The highest BCUT2D eigenvalue weighted by molar-refractivity contribution is 5.90. The fraction of sp³-hybridized carbons (Fsp3) is 0.429. The Bertz CT molecular complexity index is 623. The SMILES string of the molecule is CCc1cnn(C)c1-c1cc(C(=O)OC)n(C)c1C. The molecule has 0 bridgehead atoms. The van der Waals surface area contributed by atoms with Crippen LogP contribution in [0.15, 0.2) is 12.3 Å². The van der Waals surface area contributed by atoms with Crippen molar-refractivity contribution in [2.24, 2.45) is 14.1 Å². The van der Waals surface area contributed by atoms with Crippen LogP contribution in [0.1, 0.15) is 28.7 Å². The number of carbonyl (C=O) groups is 1. The molecule has 0 spiro atoms. The van der Waals surface area contributed by atoms with Gasteiger partial charge >= 0.3 is 5.97 Å². The molecule has 0 saturated carbocycles. The zero-order chi connectivity index (χ0) is 14.2. The monoisotopic (exact) mass is 261 g/mol. The summed E-state index contributed by atoms with van der Waals surface area (Å²) in [5.74, 6) is -0.322. The first kappa shape index (κ1) is 13.4. The molecular weight excluding hydrogens is 242 g/mol. The third-order valence-electron chi connectivity index (χ3n) is 3.58. The number of hydrogen-bond donors (Lipinski definition) is 0. The predicted molar refractivity (Wildman–Crippen MR) is 73.1 cm³/mol. The topological polar surface area (TPSA) is 49.1 Å². The second kappa shape index (κ2) is 4.91. The average molecular weight is 261 g/mol. The number of carbonyl (C=O) groups excluding carboxylic acids is 1. The Hall–Kier alpha value is -2.04. The summed E-state index contributed by atoms with van der Waals surface area (Å²) in [5.41, 5.74) is 4.84. The summed E-state index contributed by atoms with van der Waals surface area (Å²) in [6, 6.07) is 1.87. The molecule has 0 amide bonds. The summed E-state index contributed by atoms with van der Waals surface area (Å²) in [6.45, 7) is 4.09. The van der Waals surface area contributed by atoms with Gasteiger partial charge in [-0.3, -0.25) is 4.68 Å². The van der Waals surface area contributed by atoms with Gasteiger partial charge in [0.15, 0.2) is 0 Å². The van der Waals surface area contributed by atoms with Gasteiger partial charge in [-0.1, -0.05) is 6.92 Å². The Labute approximate surface area is 112 Å². The van der Waals surface area contributed by atoms with Crippen LogP contribution in [0.3, 0.4) is 0 Å². The molecule has 0 N–H and O–H groups in total. The van der Waals surface area contributed by atoms with Gasteiger partial charge in [0.25, 0.3) is 0 Å². The number of nitrogens with zero attached hydrogens (tertiary/aromatic N) is 3. The van der Waals surface area contributed by atoms with Crippen LogP contribution >= 0.6 is 0 Å². The van der Waals surface area contributed by atoms with Gasteiger partial charge in [0.1, 0.15) is 5.69 Å². The molecule has 0 atom stereocenters. The van der Waals surface area contributed by atoms with E-state index in [-0.39, 0.29) is 5.97 Å². The van der Waals surface area contributed by atoms with Crippen LogP contribution in [-0.4, -0.2) is 27.4 Å². The van der Waals surface area contributed by atoms with Gasteiger partial charge < -0.3 is 9.30 Å². The highest BCUT2D eigenvalue weighted by Crippen LogP contribution is 2.29. The second-order valence-corrected chi connectivity index (χ2v) is 4.57. The lowest BCUT2D eigenvalue weighted by Crippen LogP contribution is -2.07. The van der Waals surface area contributed by atoms with E-state index in [1.54, 1.807) is 0 Å². The molecule has 2 aromatic rings. The van der Waals surface area contributed by atoms with Crippen molar-refractivity contribution in [2.45, 2.75) is 20.3 Å². The quantitative estimate of drug-likeness (QED) is 0.795. The van der Waals surface area contributed by atoms with Crippen molar-refractivity contribution in [3.05, 3.63) is 29.2 Å². The minimum absolute atomic E-state index is 0.322. The Morgan fingerprint density at radius 1 is 1.42 bits per heavy atom. The molecule has 0 aliphatic heterocycles. The fourth-order valence-electron chi connectivity index (χ4n) is 2.33. The summed E-state index contributed by atoms with van der Waals surface area (Å²) in [4.78, 5) is 11.7. The highest BCUT2D eigenvalue weighted by atomic mass is 16.5. The first-order valence-electron chi connectivity index (χ1n) is 6.27. The third-order valence-corrected chi connectivity index (χ3v) is 3.58. The maximum Gasteiger partial charge on any atom is 0.354 e. The Balaban J connectivity index is 2.63. The van der Waals surface area contributed by atoms with Gasteiger partial charge in [-0.25, -0.2) is 4.79 Å². The minimum Gasteiger partial charge on any atom is -0.464 e. The van der Waals surface area contributed by atoms with Gasteiger partial charge in [-0.15, -0.1) is 0 Å². The fourth-order valence-corrected chi connectivity index (χ4v) is 2.33. The van der Waals surface area contributed by atoms with Crippen LogP contribution in [0.5, 0.6) is 0 Å². The summed E-state index contributed by atoms with van der Waals surface area (Å²) >= 11 is 0. The molecule has 5 nitrogen and oxygen atoms in total. The molecule has 0 saturated heterocycles. The van der Waals surface area contributed by atoms with Crippen molar-refractivity contribution in [3.63, 3.8) is 0 Å². The number of ether oxygens (including phenoxy) is 1. The van der Waals surface area contributed by atoms with Crippen molar-refractivity contribution in [2.75, 3.05) is 7.11 Å². The smallest absolute Gasteiger partial charge is 0.354 e. The maximum absolute atomic E-state index is 11.7. The van der Waals surface area contributed by atoms with E-state index >= 15 is 0 Å². The second-order valence-electron chi connectivity index (χ2n) is 4.57. The van der Waals surface area contributed by atoms with Crippen LogP contribution in [0.2, 0.25) is 0 Å². The molecule has 5 heteroatoms. The lowest BCUT2D eigenvalue weighted by atomic mass is 10.1. The summed E-state index contributed by atoms with van der Waals surface area (Å²) in [5, 5.41) is 4.30. The van der Waals surface area contributed by atoms with Gasteiger partial charge in [-0.05, 0) is 25.0 Å². The molecule has 0 aliphatic carbocycles. The minimum atomic E-state index is -0.322. The van der Waals surface area contributed by atoms with E-state index in [2.05, 4.69) is 12.0 Å². The maximum atomic E-state index is 11.7. The van der Waals surface area contributed by atoms with Gasteiger partial charge in [0.2, 0.25) is 0 Å². The third kappa shape index (κ3) is 2.05. The Kier molecular flexibility index (Phi) is 3.46. The van der Waals surface area contributed by atoms with Gasteiger partial charge in [0.05, 0.1) is 19.0 Å². The van der Waals surface area contributed by atoms with Crippen LogP contribution in [0.25, 0.3) is 11.3 Å². The zero-order valence-electron chi connectivity index (χ0n) is 12.0. The molecule has 0 fully saturated rings. The van der Waals surface area contributed by atoms with Crippen molar-refractivity contribution >= 4 is 5.97 Å². The first-order valence-corrected chi connectivity index (χ1v) is 6.27. The van der Waals surface area contributed by atoms with E-state index in [1.807, 2.05) is 42.5 Å². The molecule has 0 radical (unpaired) electrons. The number of rotatable bonds is 3. The van der Waals surface area contributed by atoms with E-state index < -0.39 is 0 Å².